The predicted octanol–water partition coefficient (Wildman–Crippen LogP) is 5.12. The Balaban J connectivity index is 1.51. The van der Waals surface area contributed by atoms with Crippen LogP contribution >= 0.6 is 0 Å². The summed E-state index contributed by atoms with van der Waals surface area (Å²) in [4.78, 5) is 32.1. The van der Waals surface area contributed by atoms with Crippen LogP contribution < -0.4 is 10.3 Å². The zero-order chi connectivity index (χ0) is 24.3. The van der Waals surface area contributed by atoms with Gasteiger partial charge in [-0.3, -0.25) is 9.36 Å². The summed E-state index contributed by atoms with van der Waals surface area (Å²) in [5.74, 6) is 1.47. The van der Waals surface area contributed by atoms with Crippen LogP contribution in [0, 0.1) is 0 Å². The minimum atomic E-state index is -0.516. The maximum Gasteiger partial charge on any atom is 0.410 e. The van der Waals surface area contributed by atoms with Crippen LogP contribution in [0.25, 0.3) is 16.6 Å². The molecule has 1 aliphatic rings. The van der Waals surface area contributed by atoms with E-state index in [9.17, 15) is 9.59 Å². The number of para-hydroxylation sites is 1. The van der Waals surface area contributed by atoms with Crippen molar-refractivity contribution in [3.8, 4) is 11.4 Å². The molecule has 0 spiro atoms. The monoisotopic (exact) mass is 463 g/mol. The van der Waals surface area contributed by atoms with Crippen molar-refractivity contribution in [1.29, 1.82) is 0 Å². The zero-order valence-corrected chi connectivity index (χ0v) is 20.4. The Kier molecular flexibility index (Phi) is 6.91. The lowest BCUT2D eigenvalue weighted by Gasteiger charge is -2.24. The molecule has 1 unspecified atom stereocenters. The number of likely N-dealkylation sites (tertiary alicyclic amines) is 1. The number of carbonyl (C=O) groups excluding carboxylic acids is 1. The van der Waals surface area contributed by atoms with Crippen molar-refractivity contribution in [2.45, 2.75) is 65.1 Å². The molecule has 0 aliphatic carbocycles. The van der Waals surface area contributed by atoms with Crippen molar-refractivity contribution in [2.24, 2.45) is 0 Å². The Morgan fingerprint density at radius 2 is 1.85 bits per heavy atom. The predicted molar refractivity (Wildman–Crippen MR) is 133 cm³/mol. The lowest BCUT2D eigenvalue weighted by Crippen LogP contribution is -2.36. The van der Waals surface area contributed by atoms with Crippen LogP contribution in [-0.4, -0.2) is 45.3 Å². The van der Waals surface area contributed by atoms with Gasteiger partial charge in [0, 0.05) is 19.4 Å². The second-order valence-corrected chi connectivity index (χ2v) is 9.74. The first-order valence-electron chi connectivity index (χ1n) is 12.0. The van der Waals surface area contributed by atoms with Crippen LogP contribution in [0.5, 0.6) is 5.75 Å². The Bertz CT molecular complexity index is 1210. The van der Waals surface area contributed by atoms with Gasteiger partial charge in [-0.1, -0.05) is 25.5 Å². The Labute approximate surface area is 200 Å². The first-order chi connectivity index (χ1) is 16.2. The van der Waals surface area contributed by atoms with E-state index in [0.717, 1.165) is 42.7 Å². The van der Waals surface area contributed by atoms with Gasteiger partial charge in [0.15, 0.2) is 0 Å². The van der Waals surface area contributed by atoms with Gasteiger partial charge in [-0.2, -0.15) is 0 Å². The minimum Gasteiger partial charge on any atom is -0.489 e. The van der Waals surface area contributed by atoms with Crippen LogP contribution in [0.3, 0.4) is 0 Å². The summed E-state index contributed by atoms with van der Waals surface area (Å²) in [6.07, 6.45) is 3.06. The summed E-state index contributed by atoms with van der Waals surface area (Å²) in [6.45, 7) is 8.81. The number of amides is 1. The average Bonchev–Trinajstić information content (AvgIpc) is 3.26. The van der Waals surface area contributed by atoms with Gasteiger partial charge in [0.05, 0.1) is 23.1 Å². The van der Waals surface area contributed by atoms with Gasteiger partial charge in [0.1, 0.15) is 23.3 Å². The quantitative estimate of drug-likeness (QED) is 0.507. The molecule has 4 rings (SSSR count). The lowest BCUT2D eigenvalue weighted by molar-refractivity contribution is 0.0275. The average molecular weight is 464 g/mol. The smallest absolute Gasteiger partial charge is 0.410 e. The number of nitrogens with zero attached hydrogens (tertiary/aromatic N) is 3. The van der Waals surface area contributed by atoms with E-state index in [4.69, 9.17) is 14.5 Å². The minimum absolute atomic E-state index is 0.0610. The molecule has 7 heteroatoms. The van der Waals surface area contributed by atoms with Crippen molar-refractivity contribution < 1.29 is 14.3 Å². The summed E-state index contributed by atoms with van der Waals surface area (Å²) in [7, 11) is 0. The molecule has 34 heavy (non-hydrogen) atoms. The first-order valence-corrected chi connectivity index (χ1v) is 12.0. The highest BCUT2D eigenvalue weighted by atomic mass is 16.6. The lowest BCUT2D eigenvalue weighted by atomic mass is 10.2. The molecule has 1 saturated heterocycles. The SMILES string of the molecule is CCCCc1nc2ccccc2c(=O)n1-c1ccc(OC2CCN(C(=O)OC(C)(C)C)C2)cc1. The third-order valence-corrected chi connectivity index (χ3v) is 5.79. The number of benzene rings is 2. The van der Waals surface area contributed by atoms with Crippen LogP contribution in [-0.2, 0) is 11.2 Å². The van der Waals surface area contributed by atoms with E-state index < -0.39 is 5.60 Å². The summed E-state index contributed by atoms with van der Waals surface area (Å²) >= 11 is 0. The highest BCUT2D eigenvalue weighted by molar-refractivity contribution is 5.77. The molecule has 0 bridgehead atoms. The van der Waals surface area contributed by atoms with Gasteiger partial charge in [-0.05, 0) is 63.6 Å². The van der Waals surface area contributed by atoms with Gasteiger partial charge >= 0.3 is 6.09 Å². The summed E-state index contributed by atoms with van der Waals surface area (Å²) in [6, 6.07) is 15.0. The molecule has 2 heterocycles. The number of fused-ring (bicyclic) bond motifs is 1. The molecular formula is C27H33N3O4. The van der Waals surface area contributed by atoms with Gasteiger partial charge in [0.25, 0.3) is 5.56 Å². The Morgan fingerprint density at radius 3 is 2.56 bits per heavy atom. The zero-order valence-electron chi connectivity index (χ0n) is 20.4. The molecule has 1 aromatic heterocycles. The second kappa shape index (κ2) is 9.87. The molecule has 0 N–H and O–H groups in total. The fourth-order valence-electron chi connectivity index (χ4n) is 4.13. The van der Waals surface area contributed by atoms with E-state index in [-0.39, 0.29) is 17.8 Å². The second-order valence-electron chi connectivity index (χ2n) is 9.74. The van der Waals surface area contributed by atoms with Crippen molar-refractivity contribution in [3.63, 3.8) is 0 Å². The molecule has 7 nitrogen and oxygen atoms in total. The maximum atomic E-state index is 13.3. The van der Waals surface area contributed by atoms with Crippen molar-refractivity contribution in [3.05, 3.63) is 64.7 Å². The normalized spacial score (nSPS) is 16.1. The molecule has 0 saturated carbocycles. The number of aryl methyl sites for hydroxylation is 1. The van der Waals surface area contributed by atoms with Gasteiger partial charge in [0.2, 0.25) is 0 Å². The van der Waals surface area contributed by atoms with Crippen LogP contribution in [0.4, 0.5) is 4.79 Å². The number of rotatable bonds is 6. The Morgan fingerprint density at radius 1 is 1.12 bits per heavy atom. The molecular weight excluding hydrogens is 430 g/mol. The number of hydrogen-bond acceptors (Lipinski definition) is 5. The van der Waals surface area contributed by atoms with Crippen LogP contribution in [0.1, 0.15) is 52.8 Å². The van der Waals surface area contributed by atoms with E-state index in [1.165, 1.54) is 0 Å². The van der Waals surface area contributed by atoms with E-state index >= 15 is 0 Å². The highest BCUT2D eigenvalue weighted by Crippen LogP contribution is 2.23. The standard InChI is InChI=1S/C27H33N3O4/c1-5-6-11-24-28-23-10-8-7-9-22(23)25(31)30(24)19-12-14-20(15-13-19)33-21-16-17-29(18-21)26(32)34-27(2,3)4/h7-10,12-15,21H,5-6,11,16-18H2,1-4H3. The fraction of sp³-hybridized carbons (Fsp3) is 0.444. The van der Waals surface area contributed by atoms with Crippen molar-refractivity contribution in [2.75, 3.05) is 13.1 Å². The third-order valence-electron chi connectivity index (χ3n) is 5.79. The summed E-state index contributed by atoms with van der Waals surface area (Å²) < 4.78 is 13.3. The number of carbonyl (C=O) groups is 1. The highest BCUT2D eigenvalue weighted by Gasteiger charge is 2.30. The van der Waals surface area contributed by atoms with Crippen LogP contribution in [0.2, 0.25) is 0 Å². The van der Waals surface area contributed by atoms with E-state index in [1.807, 2.05) is 69.3 Å². The number of ether oxygens (including phenoxy) is 2. The van der Waals surface area contributed by atoms with Gasteiger partial charge in [-0.15, -0.1) is 0 Å². The molecule has 0 radical (unpaired) electrons. The van der Waals surface area contributed by atoms with E-state index in [1.54, 1.807) is 9.47 Å². The topological polar surface area (TPSA) is 73.7 Å². The van der Waals surface area contributed by atoms with Gasteiger partial charge in [-0.25, -0.2) is 9.78 Å². The van der Waals surface area contributed by atoms with Gasteiger partial charge < -0.3 is 14.4 Å². The maximum absolute atomic E-state index is 13.3. The number of hydrogen-bond donors (Lipinski definition) is 0. The molecule has 180 valence electrons. The molecule has 3 aromatic rings. The first kappa shape index (κ1) is 23.8. The number of aromatic nitrogens is 2. The summed E-state index contributed by atoms with van der Waals surface area (Å²) in [5.41, 5.74) is 0.917. The molecule has 1 fully saturated rings. The fourth-order valence-corrected chi connectivity index (χ4v) is 4.13. The molecule has 1 aliphatic heterocycles. The van der Waals surface area contributed by atoms with Crippen molar-refractivity contribution in [1.82, 2.24) is 14.5 Å². The third kappa shape index (κ3) is 5.41. The van der Waals surface area contributed by atoms with Crippen molar-refractivity contribution >= 4 is 17.0 Å². The molecule has 2 aromatic carbocycles. The Hall–Kier alpha value is -3.35. The number of unbranched alkanes of at least 4 members (excludes halogenated alkanes) is 1. The van der Waals surface area contributed by atoms with E-state index in [2.05, 4.69) is 6.92 Å². The largest absolute Gasteiger partial charge is 0.489 e. The van der Waals surface area contributed by atoms with E-state index in [0.29, 0.717) is 24.2 Å². The summed E-state index contributed by atoms with van der Waals surface area (Å²) in [5, 5.41) is 0.608. The molecule has 1 amide bonds. The van der Waals surface area contributed by atoms with Crippen LogP contribution in [0.15, 0.2) is 53.3 Å². The molecule has 1 atom stereocenters.